The van der Waals surface area contributed by atoms with Crippen LogP contribution in [0.3, 0.4) is 0 Å². The van der Waals surface area contributed by atoms with E-state index in [-0.39, 0.29) is 0 Å². The number of benzene rings is 10. The molecular formula is C61H42N2. The monoisotopic (exact) mass is 802 g/mol. The van der Waals surface area contributed by atoms with Crippen LogP contribution in [0.25, 0.3) is 60.9 Å². The van der Waals surface area contributed by atoms with Gasteiger partial charge in [-0.2, -0.15) is 0 Å². The molecule has 0 saturated carbocycles. The van der Waals surface area contributed by atoms with Gasteiger partial charge in [0.05, 0.1) is 22.1 Å². The lowest BCUT2D eigenvalue weighted by Gasteiger charge is -2.34. The number of anilines is 3. The summed E-state index contributed by atoms with van der Waals surface area (Å²) in [5, 5.41) is 2.54. The number of para-hydroxylation sites is 3. The molecule has 12 rings (SSSR count). The summed E-state index contributed by atoms with van der Waals surface area (Å²) in [5.41, 5.74) is 18.8. The Balaban J connectivity index is 0.963. The number of hydrogen-bond donors (Lipinski definition) is 0. The summed E-state index contributed by atoms with van der Waals surface area (Å²) in [4.78, 5) is 2.41. The zero-order valence-electron chi connectivity index (χ0n) is 34.6. The molecule has 10 aromatic carbocycles. The smallest absolute Gasteiger partial charge is 0.0713 e. The van der Waals surface area contributed by atoms with Gasteiger partial charge in [0.25, 0.3) is 0 Å². The van der Waals surface area contributed by atoms with E-state index in [0.717, 1.165) is 22.7 Å². The molecular weight excluding hydrogens is 761 g/mol. The Kier molecular flexibility index (Phi) is 8.76. The van der Waals surface area contributed by atoms with Crippen LogP contribution in [-0.4, -0.2) is 4.57 Å². The summed E-state index contributed by atoms with van der Waals surface area (Å²) in [5.74, 6) is 0. The summed E-state index contributed by atoms with van der Waals surface area (Å²) in [7, 11) is 0. The molecule has 296 valence electrons. The van der Waals surface area contributed by atoms with Crippen molar-refractivity contribution in [3.63, 3.8) is 0 Å². The molecule has 0 atom stereocenters. The third kappa shape index (κ3) is 5.87. The third-order valence-corrected chi connectivity index (χ3v) is 13.1. The summed E-state index contributed by atoms with van der Waals surface area (Å²) < 4.78 is 2.37. The zero-order valence-corrected chi connectivity index (χ0v) is 34.6. The molecule has 1 aliphatic carbocycles. The number of fused-ring (bicyclic) bond motifs is 6. The van der Waals surface area contributed by atoms with Crippen molar-refractivity contribution in [1.29, 1.82) is 0 Å². The van der Waals surface area contributed by atoms with Crippen molar-refractivity contribution in [2.24, 2.45) is 0 Å². The third-order valence-electron chi connectivity index (χ3n) is 13.1. The van der Waals surface area contributed by atoms with E-state index >= 15 is 0 Å². The van der Waals surface area contributed by atoms with Crippen molar-refractivity contribution in [3.8, 4) is 39.1 Å². The first-order chi connectivity index (χ1) is 31.3. The van der Waals surface area contributed by atoms with Crippen LogP contribution in [0, 0.1) is 0 Å². The largest absolute Gasteiger partial charge is 0.310 e. The fourth-order valence-corrected chi connectivity index (χ4v) is 10.3. The molecule has 0 fully saturated rings. The van der Waals surface area contributed by atoms with Crippen molar-refractivity contribution >= 4 is 38.9 Å². The van der Waals surface area contributed by atoms with Crippen molar-refractivity contribution in [2.75, 3.05) is 4.90 Å². The Hall–Kier alpha value is -8.20. The molecule has 0 radical (unpaired) electrons. The maximum atomic E-state index is 2.41. The van der Waals surface area contributed by atoms with E-state index in [1.807, 2.05) is 0 Å². The van der Waals surface area contributed by atoms with E-state index in [4.69, 9.17) is 0 Å². The Morgan fingerprint density at radius 3 is 1.32 bits per heavy atom. The molecule has 0 unspecified atom stereocenters. The van der Waals surface area contributed by atoms with Gasteiger partial charge in [-0.05, 0) is 105 Å². The zero-order chi connectivity index (χ0) is 41.7. The standard InChI is InChI=1S/C61H42N2/c1-3-17-45(18-4-1)51-21-9-14-28-58(51)62(48-37-31-43(32-38-48)44-33-39-50(40-34-44)63-59-29-15-10-24-54(59)55-25-11-16-30-60(55)63)49-41-35-47(36-42-49)61(46-19-5-2-6-20-46)56-26-12-7-22-52(56)53-23-8-13-27-57(53)61/h1-42H. The Bertz CT molecular complexity index is 3320. The molecule has 63 heavy (non-hydrogen) atoms. The predicted molar refractivity (Wildman–Crippen MR) is 264 cm³/mol. The second-order valence-electron chi connectivity index (χ2n) is 16.4. The molecule has 1 aliphatic rings. The molecule has 0 aliphatic heterocycles. The molecule has 0 amide bonds. The molecule has 0 N–H and O–H groups in total. The highest BCUT2D eigenvalue weighted by Gasteiger charge is 2.45. The molecule has 1 aromatic heterocycles. The van der Waals surface area contributed by atoms with Gasteiger partial charge < -0.3 is 9.47 Å². The van der Waals surface area contributed by atoms with Crippen molar-refractivity contribution in [3.05, 3.63) is 277 Å². The quantitative estimate of drug-likeness (QED) is 0.149. The van der Waals surface area contributed by atoms with Gasteiger partial charge in [-0.25, -0.2) is 0 Å². The lowest BCUT2D eigenvalue weighted by molar-refractivity contribution is 0.768. The van der Waals surface area contributed by atoms with E-state index in [0.29, 0.717) is 0 Å². The number of hydrogen-bond acceptors (Lipinski definition) is 1. The Morgan fingerprint density at radius 1 is 0.302 bits per heavy atom. The minimum absolute atomic E-state index is 0.460. The van der Waals surface area contributed by atoms with Gasteiger partial charge in [-0.1, -0.05) is 200 Å². The average Bonchev–Trinajstić information content (AvgIpc) is 3.86. The second kappa shape index (κ2) is 15.1. The van der Waals surface area contributed by atoms with E-state index in [9.17, 15) is 0 Å². The SMILES string of the molecule is c1ccc(-c2ccccc2N(c2ccc(-c3ccc(-n4c5ccccc5c5ccccc54)cc3)cc2)c2ccc(C3(c4ccccc4)c4ccccc4-c4ccccc43)cc2)cc1. The van der Waals surface area contributed by atoms with Crippen LogP contribution >= 0.6 is 0 Å². The summed E-state index contributed by atoms with van der Waals surface area (Å²) in [6.07, 6.45) is 0. The van der Waals surface area contributed by atoms with Gasteiger partial charge in [-0.15, -0.1) is 0 Å². The van der Waals surface area contributed by atoms with Crippen LogP contribution in [0.4, 0.5) is 17.1 Å². The summed E-state index contributed by atoms with van der Waals surface area (Å²) in [6, 6.07) is 93.1. The van der Waals surface area contributed by atoms with Crippen LogP contribution in [0.2, 0.25) is 0 Å². The first kappa shape index (κ1) is 36.6. The van der Waals surface area contributed by atoms with Gasteiger partial charge >= 0.3 is 0 Å². The Morgan fingerprint density at radius 2 is 0.730 bits per heavy atom. The first-order valence-electron chi connectivity index (χ1n) is 21.8. The van der Waals surface area contributed by atoms with Crippen LogP contribution < -0.4 is 4.90 Å². The van der Waals surface area contributed by atoms with E-state index in [1.54, 1.807) is 0 Å². The van der Waals surface area contributed by atoms with E-state index in [1.165, 1.54) is 77.4 Å². The van der Waals surface area contributed by atoms with E-state index in [2.05, 4.69) is 264 Å². The maximum Gasteiger partial charge on any atom is 0.0713 e. The lowest BCUT2D eigenvalue weighted by Crippen LogP contribution is -2.28. The molecule has 2 nitrogen and oxygen atoms in total. The van der Waals surface area contributed by atoms with Gasteiger partial charge in [-0.3, -0.25) is 0 Å². The minimum atomic E-state index is -0.460. The van der Waals surface area contributed by atoms with Gasteiger partial charge in [0, 0.05) is 33.4 Å². The maximum absolute atomic E-state index is 2.41. The summed E-state index contributed by atoms with van der Waals surface area (Å²) >= 11 is 0. The fraction of sp³-hybridized carbons (Fsp3) is 0.0164. The highest BCUT2D eigenvalue weighted by atomic mass is 15.1. The highest BCUT2D eigenvalue weighted by Crippen LogP contribution is 2.56. The molecule has 11 aromatic rings. The van der Waals surface area contributed by atoms with Gasteiger partial charge in [0.2, 0.25) is 0 Å². The van der Waals surface area contributed by atoms with Crippen LogP contribution in [0.5, 0.6) is 0 Å². The molecule has 2 heteroatoms. The van der Waals surface area contributed by atoms with Gasteiger partial charge in [0.15, 0.2) is 0 Å². The average molecular weight is 803 g/mol. The topological polar surface area (TPSA) is 8.17 Å². The van der Waals surface area contributed by atoms with Crippen LogP contribution in [0.15, 0.2) is 255 Å². The molecule has 0 saturated heterocycles. The normalized spacial score (nSPS) is 12.6. The van der Waals surface area contributed by atoms with E-state index < -0.39 is 5.41 Å². The van der Waals surface area contributed by atoms with Crippen molar-refractivity contribution in [1.82, 2.24) is 4.57 Å². The predicted octanol–water partition coefficient (Wildman–Crippen LogP) is 16.0. The fourth-order valence-electron chi connectivity index (χ4n) is 10.3. The van der Waals surface area contributed by atoms with Crippen LogP contribution in [0.1, 0.15) is 22.3 Å². The summed E-state index contributed by atoms with van der Waals surface area (Å²) in [6.45, 7) is 0. The molecule has 1 heterocycles. The number of aromatic nitrogens is 1. The number of nitrogens with zero attached hydrogens (tertiary/aromatic N) is 2. The van der Waals surface area contributed by atoms with Crippen molar-refractivity contribution in [2.45, 2.75) is 5.41 Å². The van der Waals surface area contributed by atoms with Crippen LogP contribution in [-0.2, 0) is 5.41 Å². The second-order valence-corrected chi connectivity index (χ2v) is 16.4. The Labute approximate surface area is 368 Å². The van der Waals surface area contributed by atoms with Gasteiger partial charge in [0.1, 0.15) is 0 Å². The molecule has 0 bridgehead atoms. The first-order valence-corrected chi connectivity index (χ1v) is 21.8. The number of rotatable bonds is 8. The molecule has 0 spiro atoms. The highest BCUT2D eigenvalue weighted by molar-refractivity contribution is 6.09. The lowest BCUT2D eigenvalue weighted by atomic mass is 9.68. The minimum Gasteiger partial charge on any atom is -0.310 e. The van der Waals surface area contributed by atoms with Crippen molar-refractivity contribution < 1.29 is 0 Å².